The molecule has 1 aliphatic carbocycles. The Bertz CT molecular complexity index is 580. The van der Waals surface area contributed by atoms with Gasteiger partial charge in [-0.25, -0.2) is 4.79 Å². The molecule has 1 saturated carbocycles. The first-order valence-corrected chi connectivity index (χ1v) is 6.11. The number of carboxylic acid groups (broad SMARTS) is 1. The molecule has 1 fully saturated rings. The summed E-state index contributed by atoms with van der Waals surface area (Å²) >= 11 is 0. The van der Waals surface area contributed by atoms with E-state index in [1.165, 1.54) is 6.42 Å². The summed E-state index contributed by atoms with van der Waals surface area (Å²) in [4.78, 5) is 11.2. The van der Waals surface area contributed by atoms with Gasteiger partial charge in [0.1, 0.15) is 5.58 Å². The van der Waals surface area contributed by atoms with Crippen molar-refractivity contribution in [1.29, 1.82) is 0 Å². The van der Waals surface area contributed by atoms with Crippen LogP contribution in [0.1, 0.15) is 35.4 Å². The van der Waals surface area contributed by atoms with Crippen LogP contribution in [0.5, 0.6) is 0 Å². The van der Waals surface area contributed by atoms with Gasteiger partial charge >= 0.3 is 5.97 Å². The van der Waals surface area contributed by atoms with Crippen LogP contribution in [0.15, 0.2) is 28.7 Å². The Kier molecular flexibility index (Phi) is 2.80. The van der Waals surface area contributed by atoms with Crippen LogP contribution >= 0.6 is 0 Å². The van der Waals surface area contributed by atoms with Crippen molar-refractivity contribution in [1.82, 2.24) is 0 Å². The number of hydrogen-bond acceptors (Lipinski definition) is 3. The first kappa shape index (κ1) is 11.3. The highest BCUT2D eigenvalue weighted by atomic mass is 16.5. The second-order valence-corrected chi connectivity index (χ2v) is 4.57. The Hall–Kier alpha value is -1.81. The first-order chi connectivity index (χ1) is 8.75. The number of ether oxygens (including phenoxy) is 1. The summed E-state index contributed by atoms with van der Waals surface area (Å²) in [6.07, 6.45) is 3.61. The van der Waals surface area contributed by atoms with Crippen LogP contribution in [0.25, 0.3) is 11.0 Å². The van der Waals surface area contributed by atoms with Gasteiger partial charge in [0.25, 0.3) is 0 Å². The zero-order chi connectivity index (χ0) is 12.5. The van der Waals surface area contributed by atoms with Gasteiger partial charge in [0.15, 0.2) is 0 Å². The molecule has 1 aromatic carbocycles. The summed E-state index contributed by atoms with van der Waals surface area (Å²) in [5.41, 5.74) is 1.24. The highest BCUT2D eigenvalue weighted by Crippen LogP contribution is 2.29. The second kappa shape index (κ2) is 4.46. The quantitative estimate of drug-likeness (QED) is 0.899. The standard InChI is InChI=1S/C14H14O4/c15-14(16)13-11(8-17-9-4-3-5-9)10-6-1-2-7-12(10)18-13/h1-2,6-7,9H,3-5,8H2,(H,15,16). The van der Waals surface area contributed by atoms with Crippen molar-refractivity contribution in [3.05, 3.63) is 35.6 Å². The van der Waals surface area contributed by atoms with E-state index in [-0.39, 0.29) is 11.9 Å². The molecule has 1 N–H and O–H groups in total. The number of carboxylic acids is 1. The molecule has 1 aromatic heterocycles. The number of carbonyl (C=O) groups is 1. The zero-order valence-electron chi connectivity index (χ0n) is 9.89. The van der Waals surface area contributed by atoms with Gasteiger partial charge in [-0.3, -0.25) is 0 Å². The number of benzene rings is 1. The molecule has 0 unspecified atom stereocenters. The Balaban J connectivity index is 1.95. The molecule has 0 amide bonds. The fraction of sp³-hybridized carbons (Fsp3) is 0.357. The van der Waals surface area contributed by atoms with Gasteiger partial charge in [0, 0.05) is 10.9 Å². The maximum absolute atomic E-state index is 11.2. The van der Waals surface area contributed by atoms with Crippen molar-refractivity contribution in [2.75, 3.05) is 0 Å². The number of hydrogen-bond donors (Lipinski definition) is 1. The monoisotopic (exact) mass is 246 g/mol. The smallest absolute Gasteiger partial charge is 0.372 e. The lowest BCUT2D eigenvalue weighted by molar-refractivity contribution is -0.00898. The summed E-state index contributed by atoms with van der Waals surface area (Å²) in [6, 6.07) is 7.34. The molecule has 0 radical (unpaired) electrons. The third-order valence-corrected chi connectivity index (χ3v) is 3.41. The fourth-order valence-electron chi connectivity index (χ4n) is 2.15. The molecular weight excluding hydrogens is 232 g/mol. The molecule has 4 nitrogen and oxygen atoms in total. The van der Waals surface area contributed by atoms with Gasteiger partial charge in [0.05, 0.1) is 12.7 Å². The Morgan fingerprint density at radius 3 is 2.83 bits per heavy atom. The molecule has 3 rings (SSSR count). The summed E-state index contributed by atoms with van der Waals surface area (Å²) in [6.45, 7) is 0.309. The zero-order valence-corrected chi connectivity index (χ0v) is 9.89. The molecule has 94 valence electrons. The number of furan rings is 1. The molecule has 1 aliphatic rings. The Morgan fingerprint density at radius 2 is 2.17 bits per heavy atom. The van der Waals surface area contributed by atoms with Crippen LogP contribution in [-0.4, -0.2) is 17.2 Å². The van der Waals surface area contributed by atoms with Crippen molar-refractivity contribution < 1.29 is 19.1 Å². The predicted octanol–water partition coefficient (Wildman–Crippen LogP) is 3.20. The lowest BCUT2D eigenvalue weighted by Gasteiger charge is -2.25. The second-order valence-electron chi connectivity index (χ2n) is 4.57. The third-order valence-electron chi connectivity index (χ3n) is 3.41. The molecule has 4 heteroatoms. The normalized spacial score (nSPS) is 15.8. The molecule has 0 aliphatic heterocycles. The molecular formula is C14H14O4. The van der Waals surface area contributed by atoms with Gasteiger partial charge in [-0.1, -0.05) is 18.2 Å². The molecule has 0 saturated heterocycles. The summed E-state index contributed by atoms with van der Waals surface area (Å²) in [7, 11) is 0. The van der Waals surface area contributed by atoms with E-state index in [2.05, 4.69) is 0 Å². The maximum atomic E-state index is 11.2. The molecule has 18 heavy (non-hydrogen) atoms. The molecule has 0 spiro atoms. The van der Waals surface area contributed by atoms with Crippen LogP contribution < -0.4 is 0 Å². The van der Waals surface area contributed by atoms with E-state index in [1.54, 1.807) is 6.07 Å². The highest BCUT2D eigenvalue weighted by Gasteiger charge is 2.23. The minimum atomic E-state index is -1.04. The fourth-order valence-corrected chi connectivity index (χ4v) is 2.15. The predicted molar refractivity (Wildman–Crippen MR) is 65.6 cm³/mol. The van der Waals surface area contributed by atoms with E-state index < -0.39 is 5.97 Å². The van der Waals surface area contributed by atoms with Crippen molar-refractivity contribution >= 4 is 16.9 Å². The van der Waals surface area contributed by atoms with E-state index in [4.69, 9.17) is 14.3 Å². The molecule has 1 heterocycles. The average molecular weight is 246 g/mol. The lowest BCUT2D eigenvalue weighted by Crippen LogP contribution is -2.21. The van der Waals surface area contributed by atoms with E-state index in [9.17, 15) is 4.79 Å². The maximum Gasteiger partial charge on any atom is 0.372 e. The number of para-hydroxylation sites is 1. The number of rotatable bonds is 4. The van der Waals surface area contributed by atoms with Crippen molar-refractivity contribution in [3.8, 4) is 0 Å². The Morgan fingerprint density at radius 1 is 1.39 bits per heavy atom. The van der Waals surface area contributed by atoms with E-state index in [1.807, 2.05) is 18.2 Å². The molecule has 0 atom stereocenters. The van der Waals surface area contributed by atoms with Crippen LogP contribution in [0, 0.1) is 0 Å². The van der Waals surface area contributed by atoms with Crippen LogP contribution in [-0.2, 0) is 11.3 Å². The SMILES string of the molecule is O=C(O)c1oc2ccccc2c1COC1CCC1. The van der Waals surface area contributed by atoms with Crippen molar-refractivity contribution in [3.63, 3.8) is 0 Å². The first-order valence-electron chi connectivity index (χ1n) is 6.11. The average Bonchev–Trinajstić information content (AvgIpc) is 2.66. The van der Waals surface area contributed by atoms with E-state index >= 15 is 0 Å². The van der Waals surface area contributed by atoms with E-state index in [0.717, 1.165) is 18.2 Å². The summed E-state index contributed by atoms with van der Waals surface area (Å²) < 4.78 is 11.1. The van der Waals surface area contributed by atoms with Crippen LogP contribution in [0.4, 0.5) is 0 Å². The molecule has 0 bridgehead atoms. The van der Waals surface area contributed by atoms with Crippen LogP contribution in [0.3, 0.4) is 0 Å². The lowest BCUT2D eigenvalue weighted by atomic mass is 9.96. The minimum absolute atomic E-state index is 0.00414. The van der Waals surface area contributed by atoms with Crippen LogP contribution in [0.2, 0.25) is 0 Å². The highest BCUT2D eigenvalue weighted by molar-refractivity contribution is 5.94. The van der Waals surface area contributed by atoms with Gasteiger partial charge in [-0.2, -0.15) is 0 Å². The van der Waals surface area contributed by atoms with Gasteiger partial charge in [0.2, 0.25) is 5.76 Å². The van der Waals surface area contributed by atoms with E-state index in [0.29, 0.717) is 17.8 Å². The van der Waals surface area contributed by atoms with Crippen molar-refractivity contribution in [2.24, 2.45) is 0 Å². The number of fused-ring (bicyclic) bond motifs is 1. The van der Waals surface area contributed by atoms with Gasteiger partial charge < -0.3 is 14.3 Å². The summed E-state index contributed by atoms with van der Waals surface area (Å²) in [5, 5.41) is 9.98. The molecule has 2 aromatic rings. The number of aromatic carboxylic acids is 1. The Labute approximate surface area is 104 Å². The van der Waals surface area contributed by atoms with Gasteiger partial charge in [-0.05, 0) is 25.3 Å². The summed E-state index contributed by atoms with van der Waals surface area (Å²) in [5.74, 6) is -1.05. The minimum Gasteiger partial charge on any atom is -0.475 e. The third kappa shape index (κ3) is 1.88. The van der Waals surface area contributed by atoms with Gasteiger partial charge in [-0.15, -0.1) is 0 Å². The largest absolute Gasteiger partial charge is 0.475 e. The topological polar surface area (TPSA) is 59.7 Å². The van der Waals surface area contributed by atoms with Crippen molar-refractivity contribution in [2.45, 2.75) is 32.0 Å².